The smallest absolute Gasteiger partial charge is 0.309 e. The second kappa shape index (κ2) is 3.42. The Bertz CT molecular complexity index is 281. The number of alkyl halides is 1. The third kappa shape index (κ3) is 1.59. The molecular weight excluding hydrogens is 206 g/mol. The Morgan fingerprint density at radius 1 is 1.57 bits per heavy atom. The Labute approximate surface area is 86.9 Å². The maximum absolute atomic E-state index is 11.2. The molecule has 0 aromatic rings. The van der Waals surface area contributed by atoms with Crippen LogP contribution in [0, 0.1) is 5.92 Å². The molecule has 1 amide bonds. The van der Waals surface area contributed by atoms with E-state index in [1.165, 1.54) is 6.92 Å². The quantitative estimate of drug-likeness (QED) is 0.512. The highest BCUT2D eigenvalue weighted by Crippen LogP contribution is 2.37. The van der Waals surface area contributed by atoms with Gasteiger partial charge in [-0.3, -0.25) is 9.59 Å². The van der Waals surface area contributed by atoms with Crippen molar-refractivity contribution < 1.29 is 14.3 Å². The fourth-order valence-electron chi connectivity index (χ4n) is 2.15. The molecular formula is C9H12ClNO3. The minimum Gasteiger partial charge on any atom is -0.460 e. The van der Waals surface area contributed by atoms with E-state index in [2.05, 4.69) is 5.32 Å². The molecule has 4 atom stereocenters. The van der Waals surface area contributed by atoms with E-state index < -0.39 is 0 Å². The molecule has 0 aromatic heterocycles. The van der Waals surface area contributed by atoms with Gasteiger partial charge in [-0.05, 0) is 12.8 Å². The molecule has 1 aliphatic heterocycles. The predicted octanol–water partition coefficient (Wildman–Crippen LogP) is 0.434. The van der Waals surface area contributed by atoms with E-state index in [-0.39, 0.29) is 35.3 Å². The van der Waals surface area contributed by atoms with E-state index in [9.17, 15) is 9.59 Å². The Kier molecular flexibility index (Phi) is 2.39. The summed E-state index contributed by atoms with van der Waals surface area (Å²) in [6, 6.07) is -0.135. The summed E-state index contributed by atoms with van der Waals surface area (Å²) in [6.45, 7) is 1.45. The van der Waals surface area contributed by atoms with Gasteiger partial charge in [-0.15, -0.1) is 11.6 Å². The number of carbonyl (C=O) groups is 2. The highest BCUT2D eigenvalue weighted by atomic mass is 35.5. The maximum atomic E-state index is 11.2. The number of ether oxygens (including phenoxy) is 1. The lowest BCUT2D eigenvalue weighted by Gasteiger charge is -2.29. The summed E-state index contributed by atoms with van der Waals surface area (Å²) >= 11 is 6.09. The zero-order valence-corrected chi connectivity index (χ0v) is 8.58. The molecule has 14 heavy (non-hydrogen) atoms. The molecule has 1 saturated carbocycles. The van der Waals surface area contributed by atoms with Crippen molar-refractivity contribution in [2.45, 2.75) is 37.3 Å². The van der Waals surface area contributed by atoms with Crippen LogP contribution in [0.15, 0.2) is 0 Å². The first-order valence-corrected chi connectivity index (χ1v) is 5.13. The van der Waals surface area contributed by atoms with Crippen LogP contribution in [0.2, 0.25) is 0 Å². The maximum Gasteiger partial charge on any atom is 0.309 e. The lowest BCUT2D eigenvalue weighted by Crippen LogP contribution is -2.47. The van der Waals surface area contributed by atoms with Crippen LogP contribution in [0.4, 0.5) is 0 Å². The van der Waals surface area contributed by atoms with E-state index in [0.717, 1.165) is 0 Å². The Balaban J connectivity index is 2.07. The molecule has 1 N–H and O–H groups in total. The van der Waals surface area contributed by atoms with Crippen LogP contribution in [0.25, 0.3) is 0 Å². The molecule has 0 spiro atoms. The van der Waals surface area contributed by atoms with Crippen LogP contribution in [0.1, 0.15) is 19.8 Å². The van der Waals surface area contributed by atoms with Gasteiger partial charge in [-0.2, -0.15) is 0 Å². The van der Waals surface area contributed by atoms with Crippen LogP contribution in [-0.4, -0.2) is 29.4 Å². The van der Waals surface area contributed by atoms with Crippen LogP contribution in [-0.2, 0) is 14.3 Å². The van der Waals surface area contributed by atoms with Crippen LogP contribution in [0.5, 0.6) is 0 Å². The molecule has 78 valence electrons. The lowest BCUT2D eigenvalue weighted by molar-refractivity contribution is -0.143. The van der Waals surface area contributed by atoms with Crippen molar-refractivity contribution >= 4 is 23.5 Å². The van der Waals surface area contributed by atoms with E-state index in [1.54, 1.807) is 0 Å². The van der Waals surface area contributed by atoms with Gasteiger partial charge >= 0.3 is 5.97 Å². The van der Waals surface area contributed by atoms with Crippen molar-refractivity contribution in [3.63, 3.8) is 0 Å². The van der Waals surface area contributed by atoms with Crippen molar-refractivity contribution in [1.29, 1.82) is 0 Å². The zero-order chi connectivity index (χ0) is 10.3. The lowest BCUT2D eigenvalue weighted by atomic mass is 9.86. The van der Waals surface area contributed by atoms with Gasteiger partial charge in [-0.25, -0.2) is 0 Å². The summed E-state index contributed by atoms with van der Waals surface area (Å²) in [7, 11) is 0. The number of fused-ring (bicyclic) bond motifs is 2. The first kappa shape index (κ1) is 9.77. The Hall–Kier alpha value is -0.770. The first-order valence-electron chi connectivity index (χ1n) is 4.69. The fraction of sp³-hybridized carbons (Fsp3) is 0.778. The van der Waals surface area contributed by atoms with Gasteiger partial charge in [0.2, 0.25) is 5.91 Å². The Morgan fingerprint density at radius 2 is 2.29 bits per heavy atom. The number of esters is 1. The second-order valence-corrected chi connectivity index (χ2v) is 4.40. The molecule has 0 unspecified atom stereocenters. The van der Waals surface area contributed by atoms with Gasteiger partial charge in [0, 0.05) is 13.0 Å². The number of hydrogen-bond acceptors (Lipinski definition) is 3. The summed E-state index contributed by atoms with van der Waals surface area (Å²) in [5.74, 6) is -0.366. The third-order valence-corrected chi connectivity index (χ3v) is 3.37. The number of nitrogens with one attached hydrogen (secondary N) is 1. The average molecular weight is 218 g/mol. The summed E-state index contributed by atoms with van der Waals surface area (Å²) in [5.41, 5.74) is 0. The third-order valence-electron chi connectivity index (χ3n) is 2.78. The van der Waals surface area contributed by atoms with Crippen molar-refractivity contribution in [3.05, 3.63) is 0 Å². The molecule has 1 heterocycles. The van der Waals surface area contributed by atoms with Crippen molar-refractivity contribution in [2.75, 3.05) is 0 Å². The largest absolute Gasteiger partial charge is 0.460 e. The molecule has 2 aliphatic rings. The van der Waals surface area contributed by atoms with E-state index in [0.29, 0.717) is 12.8 Å². The van der Waals surface area contributed by atoms with Gasteiger partial charge in [0.25, 0.3) is 0 Å². The highest BCUT2D eigenvalue weighted by Gasteiger charge is 2.47. The van der Waals surface area contributed by atoms with Gasteiger partial charge in [-0.1, -0.05) is 0 Å². The molecule has 0 aromatic carbocycles. The summed E-state index contributed by atoms with van der Waals surface area (Å²) in [6.07, 6.45) is 1.08. The van der Waals surface area contributed by atoms with Crippen molar-refractivity contribution in [1.82, 2.24) is 5.32 Å². The second-order valence-electron chi connectivity index (χ2n) is 3.90. The molecule has 1 aliphatic carbocycles. The highest BCUT2D eigenvalue weighted by molar-refractivity contribution is 6.22. The molecule has 2 fully saturated rings. The molecule has 2 rings (SSSR count). The topological polar surface area (TPSA) is 55.4 Å². The minimum absolute atomic E-state index is 0.0770. The fourth-order valence-corrected chi connectivity index (χ4v) is 2.47. The summed E-state index contributed by atoms with van der Waals surface area (Å²) in [4.78, 5) is 22.1. The van der Waals surface area contributed by atoms with Crippen LogP contribution in [0.3, 0.4) is 0 Å². The number of halogens is 1. The van der Waals surface area contributed by atoms with E-state index in [1.807, 2.05) is 0 Å². The van der Waals surface area contributed by atoms with Gasteiger partial charge in [0.1, 0.15) is 6.10 Å². The normalized spacial score (nSPS) is 40.6. The molecule has 4 nitrogen and oxygen atoms in total. The number of carbonyl (C=O) groups excluding carboxylic acids is 2. The first-order chi connectivity index (χ1) is 6.58. The van der Waals surface area contributed by atoms with Crippen LogP contribution < -0.4 is 5.32 Å². The molecule has 0 radical (unpaired) electrons. The van der Waals surface area contributed by atoms with E-state index in [4.69, 9.17) is 16.3 Å². The number of rotatable bonds is 1. The average Bonchev–Trinajstić information content (AvgIpc) is 2.39. The molecule has 1 saturated heterocycles. The number of hydrogen-bond donors (Lipinski definition) is 1. The zero-order valence-electron chi connectivity index (χ0n) is 7.83. The van der Waals surface area contributed by atoms with E-state index >= 15 is 0 Å². The Morgan fingerprint density at radius 3 is 2.93 bits per heavy atom. The van der Waals surface area contributed by atoms with Crippen molar-refractivity contribution in [3.8, 4) is 0 Å². The standard InChI is InChI=1S/C9H12ClNO3/c1-4(12)11-6-2-5-3-7(8(6)10)14-9(5)13/h5-8H,2-3H2,1H3,(H,11,12)/t5-,6+,7+,8+/m0/s1. The monoisotopic (exact) mass is 217 g/mol. The minimum atomic E-state index is -0.290. The molecule has 2 bridgehead atoms. The van der Waals surface area contributed by atoms with Gasteiger partial charge in [0.15, 0.2) is 0 Å². The van der Waals surface area contributed by atoms with Crippen LogP contribution >= 0.6 is 11.6 Å². The predicted molar refractivity (Wildman–Crippen MR) is 49.8 cm³/mol. The number of amides is 1. The van der Waals surface area contributed by atoms with Gasteiger partial charge in [0.05, 0.1) is 11.3 Å². The van der Waals surface area contributed by atoms with Gasteiger partial charge < -0.3 is 10.1 Å². The summed E-state index contributed by atoms with van der Waals surface area (Å²) < 4.78 is 5.09. The van der Waals surface area contributed by atoms with Crippen molar-refractivity contribution in [2.24, 2.45) is 5.92 Å². The summed E-state index contributed by atoms with van der Waals surface area (Å²) in [5, 5.41) is 2.46. The molecule has 5 heteroatoms. The SMILES string of the molecule is CC(=O)N[C@@H]1C[C@H]2C[C@@H](OC2=O)[C@@H]1Cl.